The fourth-order valence-corrected chi connectivity index (χ4v) is 4.14. The normalized spacial score (nSPS) is 18.5. The van der Waals surface area contributed by atoms with Gasteiger partial charge in [-0.25, -0.2) is 4.98 Å². The SMILES string of the molecule is Cc1cn2c([C@H]3CCCN(C(=O)c4cccs4)C3)cccc2n1. The smallest absolute Gasteiger partial charge is 0.263 e. The summed E-state index contributed by atoms with van der Waals surface area (Å²) in [6.07, 6.45) is 4.25. The lowest BCUT2D eigenvalue weighted by Crippen LogP contribution is -2.39. The van der Waals surface area contributed by atoms with E-state index in [-0.39, 0.29) is 5.91 Å². The zero-order chi connectivity index (χ0) is 15.8. The molecule has 0 spiro atoms. The van der Waals surface area contributed by atoms with Gasteiger partial charge in [0.1, 0.15) is 5.65 Å². The average molecular weight is 325 g/mol. The number of pyridine rings is 1. The van der Waals surface area contributed by atoms with Gasteiger partial charge >= 0.3 is 0 Å². The highest BCUT2D eigenvalue weighted by Crippen LogP contribution is 2.29. The van der Waals surface area contributed by atoms with E-state index in [0.29, 0.717) is 5.92 Å². The molecule has 23 heavy (non-hydrogen) atoms. The molecule has 1 aliphatic rings. The van der Waals surface area contributed by atoms with Crippen LogP contribution in [0.3, 0.4) is 0 Å². The van der Waals surface area contributed by atoms with Crippen LogP contribution in [0, 0.1) is 6.92 Å². The fourth-order valence-electron chi connectivity index (χ4n) is 3.45. The van der Waals surface area contributed by atoms with Gasteiger partial charge in [-0.2, -0.15) is 0 Å². The molecule has 118 valence electrons. The molecule has 0 bridgehead atoms. The van der Waals surface area contributed by atoms with E-state index in [0.717, 1.165) is 42.1 Å². The van der Waals surface area contributed by atoms with Crippen LogP contribution in [-0.2, 0) is 0 Å². The first-order valence-electron chi connectivity index (χ1n) is 8.00. The summed E-state index contributed by atoms with van der Waals surface area (Å²) < 4.78 is 2.18. The Morgan fingerprint density at radius 1 is 1.30 bits per heavy atom. The minimum Gasteiger partial charge on any atom is -0.337 e. The number of hydrogen-bond donors (Lipinski definition) is 0. The van der Waals surface area contributed by atoms with E-state index < -0.39 is 0 Å². The molecule has 4 rings (SSSR count). The number of likely N-dealkylation sites (tertiary alicyclic amines) is 1. The van der Waals surface area contributed by atoms with E-state index in [1.165, 1.54) is 17.0 Å². The van der Waals surface area contributed by atoms with Crippen LogP contribution in [0.1, 0.15) is 39.8 Å². The summed E-state index contributed by atoms with van der Waals surface area (Å²) in [6, 6.07) is 10.1. The molecular formula is C18H19N3OS. The zero-order valence-corrected chi connectivity index (χ0v) is 13.9. The van der Waals surface area contributed by atoms with E-state index in [4.69, 9.17) is 0 Å². The Balaban J connectivity index is 1.63. The van der Waals surface area contributed by atoms with Gasteiger partial charge in [-0.3, -0.25) is 4.79 Å². The molecule has 3 aromatic heterocycles. The highest BCUT2D eigenvalue weighted by molar-refractivity contribution is 7.12. The highest BCUT2D eigenvalue weighted by atomic mass is 32.1. The number of hydrogen-bond acceptors (Lipinski definition) is 3. The maximum absolute atomic E-state index is 12.6. The lowest BCUT2D eigenvalue weighted by atomic mass is 9.94. The van der Waals surface area contributed by atoms with Crippen molar-refractivity contribution in [3.63, 3.8) is 0 Å². The standard InChI is InChI=1S/C18H19N3OS/c1-13-11-21-15(6-2-8-17(21)19-13)14-5-3-9-20(12-14)18(22)16-7-4-10-23-16/h2,4,6-8,10-11,14H,3,5,9,12H2,1H3/t14-/m0/s1. The van der Waals surface area contributed by atoms with Crippen molar-refractivity contribution in [2.24, 2.45) is 0 Å². The molecule has 1 fully saturated rings. The van der Waals surface area contributed by atoms with E-state index in [2.05, 4.69) is 27.7 Å². The first-order valence-corrected chi connectivity index (χ1v) is 8.88. The number of nitrogens with zero attached hydrogens (tertiary/aromatic N) is 3. The van der Waals surface area contributed by atoms with Crippen LogP contribution in [-0.4, -0.2) is 33.3 Å². The van der Waals surface area contributed by atoms with Gasteiger partial charge in [-0.05, 0) is 43.3 Å². The first kappa shape index (κ1) is 14.5. The zero-order valence-electron chi connectivity index (χ0n) is 13.1. The fraction of sp³-hybridized carbons (Fsp3) is 0.333. The summed E-state index contributed by atoms with van der Waals surface area (Å²) in [4.78, 5) is 20.0. The van der Waals surface area contributed by atoms with Crippen LogP contribution in [0.4, 0.5) is 0 Å². The maximum Gasteiger partial charge on any atom is 0.263 e. The van der Waals surface area contributed by atoms with Crippen molar-refractivity contribution in [1.82, 2.24) is 14.3 Å². The molecule has 0 radical (unpaired) electrons. The topological polar surface area (TPSA) is 37.6 Å². The minimum atomic E-state index is 0.165. The van der Waals surface area contributed by atoms with Gasteiger partial charge in [0.15, 0.2) is 0 Å². The molecule has 1 saturated heterocycles. The van der Waals surface area contributed by atoms with Gasteiger partial charge in [0.05, 0.1) is 10.6 Å². The third-order valence-corrected chi connectivity index (χ3v) is 5.36. The van der Waals surface area contributed by atoms with Crippen molar-refractivity contribution in [3.8, 4) is 0 Å². The van der Waals surface area contributed by atoms with Gasteiger partial charge in [0.25, 0.3) is 5.91 Å². The van der Waals surface area contributed by atoms with Gasteiger partial charge in [0.2, 0.25) is 0 Å². The second kappa shape index (κ2) is 5.81. The van der Waals surface area contributed by atoms with Gasteiger partial charge in [-0.15, -0.1) is 11.3 Å². The molecule has 1 aliphatic heterocycles. The molecule has 4 nitrogen and oxygen atoms in total. The quantitative estimate of drug-likeness (QED) is 0.720. The van der Waals surface area contributed by atoms with Gasteiger partial charge in [-0.1, -0.05) is 12.1 Å². The Bertz CT molecular complexity index is 837. The molecule has 1 atom stereocenters. The Morgan fingerprint density at radius 2 is 2.22 bits per heavy atom. The third-order valence-electron chi connectivity index (χ3n) is 4.50. The minimum absolute atomic E-state index is 0.165. The largest absolute Gasteiger partial charge is 0.337 e. The lowest BCUT2D eigenvalue weighted by molar-refractivity contribution is 0.0710. The predicted octanol–water partition coefficient (Wildman–Crippen LogP) is 3.72. The summed E-state index contributed by atoms with van der Waals surface area (Å²) in [5.74, 6) is 0.531. The van der Waals surface area contributed by atoms with E-state index in [1.807, 2.05) is 35.4 Å². The van der Waals surface area contributed by atoms with Crippen LogP contribution in [0.25, 0.3) is 5.65 Å². The van der Waals surface area contributed by atoms with E-state index in [9.17, 15) is 4.79 Å². The molecule has 0 saturated carbocycles. The molecule has 3 aromatic rings. The Labute approximate surface area is 139 Å². The number of amides is 1. The number of fused-ring (bicyclic) bond motifs is 1. The highest BCUT2D eigenvalue weighted by Gasteiger charge is 2.27. The van der Waals surface area contributed by atoms with Gasteiger partial charge < -0.3 is 9.30 Å². The maximum atomic E-state index is 12.6. The summed E-state index contributed by atoms with van der Waals surface area (Å²) in [7, 11) is 0. The van der Waals surface area contributed by atoms with Crippen molar-refractivity contribution in [2.75, 3.05) is 13.1 Å². The summed E-state index contributed by atoms with van der Waals surface area (Å²) in [5.41, 5.74) is 3.27. The van der Waals surface area contributed by atoms with Gasteiger partial charge in [0, 0.05) is 30.9 Å². The number of piperidine rings is 1. The Kier molecular flexibility index (Phi) is 3.65. The molecule has 0 unspecified atom stereocenters. The number of carbonyl (C=O) groups is 1. The second-order valence-corrected chi connectivity index (χ2v) is 7.08. The molecule has 4 heterocycles. The number of aromatic nitrogens is 2. The number of aryl methyl sites for hydroxylation is 1. The van der Waals surface area contributed by atoms with E-state index in [1.54, 1.807) is 0 Å². The van der Waals surface area contributed by atoms with Crippen molar-refractivity contribution >= 4 is 22.9 Å². The van der Waals surface area contributed by atoms with Crippen LogP contribution in [0.2, 0.25) is 0 Å². The van der Waals surface area contributed by atoms with Crippen molar-refractivity contribution in [2.45, 2.75) is 25.7 Å². The summed E-state index contributed by atoms with van der Waals surface area (Å²) >= 11 is 1.52. The summed E-state index contributed by atoms with van der Waals surface area (Å²) in [6.45, 7) is 3.66. The Hall–Kier alpha value is -2.14. The summed E-state index contributed by atoms with van der Waals surface area (Å²) in [5, 5.41) is 1.96. The van der Waals surface area contributed by atoms with E-state index >= 15 is 0 Å². The lowest BCUT2D eigenvalue weighted by Gasteiger charge is -2.33. The van der Waals surface area contributed by atoms with Crippen LogP contribution < -0.4 is 0 Å². The van der Waals surface area contributed by atoms with Crippen LogP contribution in [0.5, 0.6) is 0 Å². The average Bonchev–Trinajstić information content (AvgIpc) is 3.22. The monoisotopic (exact) mass is 325 g/mol. The third kappa shape index (κ3) is 2.65. The number of imidazole rings is 1. The molecule has 0 aliphatic carbocycles. The number of carbonyl (C=O) groups excluding carboxylic acids is 1. The van der Waals surface area contributed by atoms with Crippen molar-refractivity contribution in [1.29, 1.82) is 0 Å². The van der Waals surface area contributed by atoms with Crippen LogP contribution in [0.15, 0.2) is 41.9 Å². The molecule has 0 N–H and O–H groups in total. The first-order chi connectivity index (χ1) is 11.2. The van der Waals surface area contributed by atoms with Crippen molar-refractivity contribution < 1.29 is 4.79 Å². The molecule has 5 heteroatoms. The predicted molar refractivity (Wildman–Crippen MR) is 92.1 cm³/mol. The van der Waals surface area contributed by atoms with Crippen molar-refractivity contribution in [3.05, 3.63) is 58.2 Å². The molecule has 1 amide bonds. The number of rotatable bonds is 2. The Morgan fingerprint density at radius 3 is 3.04 bits per heavy atom. The number of thiophene rings is 1. The molecule has 0 aromatic carbocycles. The molecular weight excluding hydrogens is 306 g/mol. The van der Waals surface area contributed by atoms with Crippen LogP contribution >= 0.6 is 11.3 Å². The second-order valence-electron chi connectivity index (χ2n) is 6.13.